The minimum Gasteiger partial charge on any atom is -0.497 e. The number of carbonyl (C=O) groups excluding carboxylic acids is 2. The molecule has 0 N–H and O–H groups in total. The Kier molecular flexibility index (Phi) is 5.72. The zero-order chi connectivity index (χ0) is 25.5. The van der Waals surface area contributed by atoms with Gasteiger partial charge in [0.1, 0.15) is 11.6 Å². The second-order valence-electron chi connectivity index (χ2n) is 8.61. The minimum absolute atomic E-state index is 0.109. The SMILES string of the molecule is COc1ccc2nc(CCn3c(CCN4C(=O)c5ccccc5C4=O)nc4ncccc4c3=O)sc2c1. The number of benzene rings is 2. The molecule has 2 amide bonds. The summed E-state index contributed by atoms with van der Waals surface area (Å²) in [5.41, 5.74) is 1.79. The maximum atomic E-state index is 13.4. The predicted molar refractivity (Wildman–Crippen MR) is 139 cm³/mol. The van der Waals surface area contributed by atoms with E-state index in [1.54, 1.807) is 65.6 Å². The molecule has 6 rings (SSSR count). The third kappa shape index (κ3) is 4.05. The molecule has 184 valence electrons. The van der Waals surface area contributed by atoms with Crippen LogP contribution in [0.1, 0.15) is 31.5 Å². The largest absolute Gasteiger partial charge is 0.497 e. The maximum absolute atomic E-state index is 13.4. The van der Waals surface area contributed by atoms with E-state index in [-0.39, 0.29) is 30.3 Å². The highest BCUT2D eigenvalue weighted by Crippen LogP contribution is 2.27. The molecular weight excluding hydrogens is 490 g/mol. The van der Waals surface area contributed by atoms with E-state index in [2.05, 4.69) is 9.97 Å². The number of thiazole rings is 1. The first kappa shape index (κ1) is 23.0. The van der Waals surface area contributed by atoms with Gasteiger partial charge in [-0.3, -0.25) is 23.9 Å². The molecule has 4 heterocycles. The van der Waals surface area contributed by atoms with Crippen molar-refractivity contribution in [3.8, 4) is 5.75 Å². The summed E-state index contributed by atoms with van der Waals surface area (Å²) in [7, 11) is 1.63. The molecular formula is C27H21N5O4S. The summed E-state index contributed by atoms with van der Waals surface area (Å²) in [6.07, 6.45) is 2.34. The van der Waals surface area contributed by atoms with Crippen molar-refractivity contribution < 1.29 is 14.3 Å². The van der Waals surface area contributed by atoms with Gasteiger partial charge in [-0.2, -0.15) is 0 Å². The van der Waals surface area contributed by atoms with Crippen LogP contribution in [-0.4, -0.2) is 49.9 Å². The van der Waals surface area contributed by atoms with Crippen molar-refractivity contribution in [3.63, 3.8) is 0 Å². The molecule has 1 aliphatic rings. The fourth-order valence-electron chi connectivity index (χ4n) is 4.57. The molecule has 0 bridgehead atoms. The number of nitrogens with zero attached hydrogens (tertiary/aromatic N) is 5. The van der Waals surface area contributed by atoms with Crippen LogP contribution in [0.2, 0.25) is 0 Å². The average molecular weight is 512 g/mol. The number of ether oxygens (including phenoxy) is 1. The molecule has 0 saturated heterocycles. The van der Waals surface area contributed by atoms with Crippen LogP contribution in [0, 0.1) is 0 Å². The first-order valence-corrected chi connectivity index (χ1v) is 12.6. The predicted octanol–water partition coefficient (Wildman–Crippen LogP) is 3.49. The van der Waals surface area contributed by atoms with Crippen LogP contribution in [0.25, 0.3) is 21.3 Å². The topological polar surface area (TPSA) is 107 Å². The molecule has 0 aliphatic carbocycles. The number of rotatable bonds is 7. The lowest BCUT2D eigenvalue weighted by Crippen LogP contribution is -2.34. The maximum Gasteiger partial charge on any atom is 0.263 e. The number of aromatic nitrogens is 4. The molecule has 5 aromatic rings. The second kappa shape index (κ2) is 9.21. The van der Waals surface area contributed by atoms with E-state index < -0.39 is 0 Å². The summed E-state index contributed by atoms with van der Waals surface area (Å²) in [4.78, 5) is 53.9. The summed E-state index contributed by atoms with van der Waals surface area (Å²) in [6, 6.07) is 15.9. The number of carbonyl (C=O) groups is 2. The first-order valence-electron chi connectivity index (χ1n) is 11.8. The number of pyridine rings is 1. The molecule has 0 spiro atoms. The number of hydrogen-bond acceptors (Lipinski definition) is 8. The smallest absolute Gasteiger partial charge is 0.263 e. The Balaban J connectivity index is 1.30. The number of methoxy groups -OCH3 is 1. The number of imide groups is 1. The molecule has 0 unspecified atom stereocenters. The summed E-state index contributed by atoms with van der Waals surface area (Å²) >= 11 is 1.55. The van der Waals surface area contributed by atoms with Crippen molar-refractivity contribution in [2.45, 2.75) is 19.4 Å². The number of hydrogen-bond donors (Lipinski definition) is 0. The van der Waals surface area contributed by atoms with Crippen LogP contribution in [0.3, 0.4) is 0 Å². The molecule has 2 aromatic carbocycles. The molecule has 0 atom stereocenters. The van der Waals surface area contributed by atoms with Gasteiger partial charge in [-0.05, 0) is 42.5 Å². The van der Waals surface area contributed by atoms with Crippen molar-refractivity contribution >= 4 is 44.4 Å². The first-order chi connectivity index (χ1) is 18.0. The minimum atomic E-state index is -0.335. The third-order valence-corrected chi connectivity index (χ3v) is 7.51. The summed E-state index contributed by atoms with van der Waals surface area (Å²) < 4.78 is 7.92. The van der Waals surface area contributed by atoms with Crippen LogP contribution < -0.4 is 10.3 Å². The molecule has 0 fully saturated rings. The lowest BCUT2D eigenvalue weighted by atomic mass is 10.1. The molecule has 1 aliphatic heterocycles. The van der Waals surface area contributed by atoms with Crippen molar-refractivity contribution in [1.29, 1.82) is 0 Å². The molecule has 9 nitrogen and oxygen atoms in total. The summed E-state index contributed by atoms with van der Waals surface area (Å²) in [5.74, 6) is 0.563. The third-order valence-electron chi connectivity index (χ3n) is 6.44. The van der Waals surface area contributed by atoms with Gasteiger partial charge in [-0.1, -0.05) is 12.1 Å². The lowest BCUT2D eigenvalue weighted by molar-refractivity contribution is 0.0655. The van der Waals surface area contributed by atoms with E-state index in [0.29, 0.717) is 41.0 Å². The van der Waals surface area contributed by atoms with Gasteiger partial charge in [-0.25, -0.2) is 15.0 Å². The number of amides is 2. The highest BCUT2D eigenvalue weighted by Gasteiger charge is 2.35. The van der Waals surface area contributed by atoms with Gasteiger partial charge < -0.3 is 4.74 Å². The second-order valence-corrected chi connectivity index (χ2v) is 9.72. The van der Waals surface area contributed by atoms with Gasteiger partial charge >= 0.3 is 0 Å². The van der Waals surface area contributed by atoms with Gasteiger partial charge in [0, 0.05) is 32.1 Å². The Labute approximate surface area is 215 Å². The fraction of sp³-hybridized carbons (Fsp3) is 0.185. The van der Waals surface area contributed by atoms with Crippen molar-refractivity contribution in [1.82, 2.24) is 24.4 Å². The Morgan fingerprint density at radius 1 is 0.892 bits per heavy atom. The van der Waals surface area contributed by atoms with Gasteiger partial charge in [0.05, 0.1) is 38.8 Å². The number of aryl methyl sites for hydroxylation is 1. The van der Waals surface area contributed by atoms with Crippen LogP contribution in [0.4, 0.5) is 0 Å². The molecule has 0 saturated carbocycles. The van der Waals surface area contributed by atoms with Crippen LogP contribution in [0.5, 0.6) is 5.75 Å². The van der Waals surface area contributed by atoms with E-state index in [1.165, 1.54) is 4.90 Å². The molecule has 37 heavy (non-hydrogen) atoms. The van der Waals surface area contributed by atoms with E-state index in [4.69, 9.17) is 9.72 Å². The monoisotopic (exact) mass is 511 g/mol. The van der Waals surface area contributed by atoms with E-state index in [0.717, 1.165) is 21.0 Å². The molecule has 0 radical (unpaired) electrons. The Morgan fingerprint density at radius 3 is 2.43 bits per heavy atom. The lowest BCUT2D eigenvalue weighted by Gasteiger charge is -2.16. The average Bonchev–Trinajstić information content (AvgIpc) is 3.44. The zero-order valence-corrected chi connectivity index (χ0v) is 20.7. The zero-order valence-electron chi connectivity index (χ0n) is 19.9. The van der Waals surface area contributed by atoms with E-state index in [1.807, 2.05) is 18.2 Å². The highest BCUT2D eigenvalue weighted by atomic mass is 32.1. The molecule has 10 heteroatoms. The quantitative estimate of drug-likeness (QED) is 0.308. The van der Waals surface area contributed by atoms with Crippen LogP contribution in [-0.2, 0) is 19.4 Å². The Hall–Kier alpha value is -4.44. The van der Waals surface area contributed by atoms with Crippen molar-refractivity contribution in [2.24, 2.45) is 0 Å². The van der Waals surface area contributed by atoms with Crippen LogP contribution >= 0.6 is 11.3 Å². The highest BCUT2D eigenvalue weighted by molar-refractivity contribution is 7.18. The standard InChI is InChI=1S/C27H21N5O4S/c1-36-16-8-9-20-21(15-16)37-23(29-20)11-14-31-22(30-24-19(27(31)35)7-4-12-28-24)10-13-32-25(33)17-5-2-3-6-18(17)26(32)34/h2-9,12,15H,10-11,13-14H2,1H3. The van der Waals surface area contributed by atoms with Gasteiger partial charge in [0.15, 0.2) is 5.65 Å². The van der Waals surface area contributed by atoms with E-state index in [9.17, 15) is 14.4 Å². The van der Waals surface area contributed by atoms with Gasteiger partial charge in [0.2, 0.25) is 0 Å². The van der Waals surface area contributed by atoms with E-state index >= 15 is 0 Å². The Morgan fingerprint density at radius 2 is 1.68 bits per heavy atom. The number of fused-ring (bicyclic) bond motifs is 3. The van der Waals surface area contributed by atoms with Gasteiger partial charge in [-0.15, -0.1) is 11.3 Å². The summed E-state index contributed by atoms with van der Waals surface area (Å²) in [5, 5.41) is 1.30. The van der Waals surface area contributed by atoms with Crippen molar-refractivity contribution in [3.05, 3.63) is 93.1 Å². The fourth-order valence-corrected chi connectivity index (χ4v) is 5.55. The summed E-state index contributed by atoms with van der Waals surface area (Å²) in [6.45, 7) is 0.461. The Bertz CT molecular complexity index is 1720. The van der Waals surface area contributed by atoms with Crippen molar-refractivity contribution in [2.75, 3.05) is 13.7 Å². The van der Waals surface area contributed by atoms with Crippen LogP contribution in [0.15, 0.2) is 65.6 Å². The molecule has 3 aromatic heterocycles. The normalized spacial score (nSPS) is 13.1. The van der Waals surface area contributed by atoms with Gasteiger partial charge in [0.25, 0.3) is 17.4 Å².